The van der Waals surface area contributed by atoms with Gasteiger partial charge in [-0.1, -0.05) is 68.4 Å². The van der Waals surface area contributed by atoms with Gasteiger partial charge in [0, 0.05) is 64.3 Å². The Morgan fingerprint density at radius 1 is 0.732 bits per heavy atom. The van der Waals surface area contributed by atoms with Gasteiger partial charge in [-0.25, -0.2) is 0 Å². The summed E-state index contributed by atoms with van der Waals surface area (Å²) in [7, 11) is 0. The molecule has 7 heteroatoms. The highest BCUT2D eigenvalue weighted by molar-refractivity contribution is 6.03. The van der Waals surface area contributed by atoms with Crippen molar-refractivity contribution in [2.75, 3.05) is 6.54 Å². The Bertz CT molecular complexity index is 1780. The summed E-state index contributed by atoms with van der Waals surface area (Å²) in [6.45, 7) is 6.58. The number of carbonyl (C=O) groups excluding carboxylic acids is 2. The van der Waals surface area contributed by atoms with E-state index in [-0.39, 0.29) is 17.7 Å². The van der Waals surface area contributed by atoms with Crippen molar-refractivity contribution in [1.82, 2.24) is 25.6 Å². The molecule has 3 aromatic carbocycles. The van der Waals surface area contributed by atoms with Crippen molar-refractivity contribution in [2.24, 2.45) is 5.92 Å². The Morgan fingerprint density at radius 2 is 1.22 bits per heavy atom. The molecule has 6 rings (SSSR count). The van der Waals surface area contributed by atoms with Crippen LogP contribution in [0.2, 0.25) is 0 Å². The molecule has 3 heterocycles. The molecule has 1 atom stereocenters. The molecule has 0 saturated heterocycles. The molecular weight excluding hydrogens is 510 g/mol. The highest BCUT2D eigenvalue weighted by Gasteiger charge is 2.42. The zero-order valence-electron chi connectivity index (χ0n) is 23.5. The first-order valence-corrected chi connectivity index (χ1v) is 14.1. The van der Waals surface area contributed by atoms with Crippen molar-refractivity contribution in [3.63, 3.8) is 0 Å². The maximum atomic E-state index is 14.7. The molecule has 0 bridgehead atoms. The molecule has 2 amide bonds. The van der Waals surface area contributed by atoms with Crippen LogP contribution in [-0.4, -0.2) is 39.4 Å². The quantitative estimate of drug-likeness (QED) is 0.155. The number of benzene rings is 3. The van der Waals surface area contributed by atoms with Crippen molar-refractivity contribution in [1.29, 1.82) is 0 Å². The molecule has 0 radical (unpaired) electrons. The van der Waals surface area contributed by atoms with Crippen molar-refractivity contribution in [3.8, 4) is 0 Å². The lowest BCUT2D eigenvalue weighted by atomic mass is 9.75. The fraction of sp³-hybridized carbons (Fsp3) is 0.235. The smallest absolute Gasteiger partial charge is 0.242 e. The number of aromatic nitrogens is 3. The fourth-order valence-electron chi connectivity index (χ4n) is 5.82. The number of hydrogen-bond acceptors (Lipinski definition) is 2. The third-order valence-electron chi connectivity index (χ3n) is 8.12. The van der Waals surface area contributed by atoms with Gasteiger partial charge in [0.15, 0.2) is 0 Å². The SMILES string of the molecule is CC(C)CNC(=O)[C@H](Cc1c[nH]c2ccccc12)NC(=O)C(C)(c1c[nH]c2ccccc12)c1c[nH]c2ccccc12. The van der Waals surface area contributed by atoms with Gasteiger partial charge in [-0.3, -0.25) is 9.59 Å². The average molecular weight is 546 g/mol. The monoisotopic (exact) mass is 545 g/mol. The van der Waals surface area contributed by atoms with E-state index in [1.54, 1.807) is 0 Å². The van der Waals surface area contributed by atoms with E-state index in [4.69, 9.17) is 0 Å². The Kier molecular flexibility index (Phi) is 6.87. The van der Waals surface area contributed by atoms with Gasteiger partial charge in [0.1, 0.15) is 11.5 Å². The van der Waals surface area contributed by atoms with E-state index in [0.717, 1.165) is 49.4 Å². The number of nitrogens with one attached hydrogen (secondary N) is 5. The molecule has 6 aromatic rings. The Morgan fingerprint density at radius 3 is 1.78 bits per heavy atom. The first kappa shape index (κ1) is 26.4. The van der Waals surface area contributed by atoms with Crippen LogP contribution in [0.4, 0.5) is 0 Å². The topological polar surface area (TPSA) is 106 Å². The molecule has 0 unspecified atom stereocenters. The average Bonchev–Trinajstić information content (AvgIpc) is 3.72. The van der Waals surface area contributed by atoms with Crippen LogP contribution in [-0.2, 0) is 21.4 Å². The zero-order valence-corrected chi connectivity index (χ0v) is 23.5. The van der Waals surface area contributed by atoms with Crippen molar-refractivity contribution in [3.05, 3.63) is 108 Å². The summed E-state index contributed by atoms with van der Waals surface area (Å²) in [5.41, 5.74) is 4.48. The van der Waals surface area contributed by atoms with Crippen LogP contribution < -0.4 is 10.6 Å². The molecule has 0 aliphatic rings. The number of H-pyrrole nitrogens is 3. The van der Waals surface area contributed by atoms with Crippen LogP contribution in [0.3, 0.4) is 0 Å². The van der Waals surface area contributed by atoms with Gasteiger partial charge in [-0.15, -0.1) is 0 Å². The predicted octanol–water partition coefficient (Wildman–Crippen LogP) is 5.94. The number of carbonyl (C=O) groups is 2. The summed E-state index contributed by atoms with van der Waals surface area (Å²) in [6, 6.07) is 23.2. The van der Waals surface area contributed by atoms with Crippen LogP contribution in [0.25, 0.3) is 32.7 Å². The van der Waals surface area contributed by atoms with Crippen LogP contribution in [0, 0.1) is 5.92 Å². The van der Waals surface area contributed by atoms with Crippen molar-refractivity contribution in [2.45, 2.75) is 38.6 Å². The Labute approximate surface area is 238 Å². The first-order chi connectivity index (χ1) is 19.9. The number of para-hydroxylation sites is 3. The molecule has 0 aliphatic heterocycles. The lowest BCUT2D eigenvalue weighted by Crippen LogP contribution is -2.53. The standard InChI is InChI=1S/C34H35N5O2/c1-21(2)17-38-32(40)31(16-22-18-35-28-13-7-4-10-23(22)28)39-33(41)34(3,26-19-36-29-14-8-5-11-24(26)29)27-20-37-30-15-9-6-12-25(27)30/h4-15,18-21,31,35-37H,16-17H2,1-3H3,(H,38,40)(H,39,41)/t31-/m0/s1. The second-order valence-electron chi connectivity index (χ2n) is 11.3. The maximum Gasteiger partial charge on any atom is 0.242 e. The minimum atomic E-state index is -1.10. The van der Waals surface area contributed by atoms with E-state index in [9.17, 15) is 9.59 Å². The molecule has 0 spiro atoms. The number of fused-ring (bicyclic) bond motifs is 3. The van der Waals surface area contributed by atoms with E-state index < -0.39 is 11.5 Å². The molecule has 7 nitrogen and oxygen atoms in total. The first-order valence-electron chi connectivity index (χ1n) is 14.1. The minimum Gasteiger partial charge on any atom is -0.361 e. The largest absolute Gasteiger partial charge is 0.361 e. The fourth-order valence-corrected chi connectivity index (χ4v) is 5.82. The molecule has 0 fully saturated rings. The van der Waals surface area contributed by atoms with Crippen LogP contribution in [0.15, 0.2) is 91.4 Å². The molecule has 0 saturated carbocycles. The summed E-state index contributed by atoms with van der Waals surface area (Å²) in [5, 5.41) is 9.22. The summed E-state index contributed by atoms with van der Waals surface area (Å²) < 4.78 is 0. The third kappa shape index (κ3) is 4.78. The molecule has 41 heavy (non-hydrogen) atoms. The highest BCUT2D eigenvalue weighted by Crippen LogP contribution is 2.40. The zero-order chi connectivity index (χ0) is 28.6. The summed E-state index contributed by atoms with van der Waals surface area (Å²) in [6.07, 6.45) is 6.12. The van der Waals surface area contributed by atoms with Gasteiger partial charge in [0.25, 0.3) is 0 Å². The predicted molar refractivity (Wildman–Crippen MR) is 165 cm³/mol. The van der Waals surface area contributed by atoms with E-state index in [2.05, 4.69) is 39.4 Å². The van der Waals surface area contributed by atoms with Crippen LogP contribution in [0.1, 0.15) is 37.5 Å². The lowest BCUT2D eigenvalue weighted by Gasteiger charge is -2.31. The van der Waals surface area contributed by atoms with E-state index in [0.29, 0.717) is 13.0 Å². The summed E-state index contributed by atoms with van der Waals surface area (Å²) in [5.74, 6) is -0.153. The minimum absolute atomic E-state index is 0.197. The van der Waals surface area contributed by atoms with Crippen molar-refractivity contribution < 1.29 is 9.59 Å². The number of amides is 2. The normalized spacial score (nSPS) is 12.8. The van der Waals surface area contributed by atoms with E-state index >= 15 is 0 Å². The molecule has 208 valence electrons. The van der Waals surface area contributed by atoms with Gasteiger partial charge in [-0.2, -0.15) is 0 Å². The van der Waals surface area contributed by atoms with E-state index in [1.807, 2.05) is 98.3 Å². The Hall–Kier alpha value is -4.78. The van der Waals surface area contributed by atoms with Gasteiger partial charge < -0.3 is 25.6 Å². The van der Waals surface area contributed by atoms with Gasteiger partial charge in [0.05, 0.1) is 0 Å². The molecule has 5 N–H and O–H groups in total. The number of hydrogen-bond donors (Lipinski definition) is 5. The summed E-state index contributed by atoms with van der Waals surface area (Å²) in [4.78, 5) is 38.3. The summed E-state index contributed by atoms with van der Waals surface area (Å²) >= 11 is 0. The van der Waals surface area contributed by atoms with Crippen molar-refractivity contribution >= 4 is 44.5 Å². The van der Waals surface area contributed by atoms with Crippen LogP contribution >= 0.6 is 0 Å². The van der Waals surface area contributed by atoms with Gasteiger partial charge in [-0.05, 0) is 47.7 Å². The lowest BCUT2D eigenvalue weighted by molar-refractivity contribution is -0.131. The highest BCUT2D eigenvalue weighted by atomic mass is 16.2. The third-order valence-corrected chi connectivity index (χ3v) is 8.12. The maximum absolute atomic E-state index is 14.7. The number of aromatic amines is 3. The van der Waals surface area contributed by atoms with Gasteiger partial charge >= 0.3 is 0 Å². The second-order valence-corrected chi connectivity index (χ2v) is 11.3. The molecule has 3 aromatic heterocycles. The van der Waals surface area contributed by atoms with Crippen LogP contribution in [0.5, 0.6) is 0 Å². The van der Waals surface area contributed by atoms with E-state index in [1.165, 1.54) is 0 Å². The molecular formula is C34H35N5O2. The second kappa shape index (κ2) is 10.7. The molecule has 0 aliphatic carbocycles. The number of rotatable bonds is 9. The van der Waals surface area contributed by atoms with Gasteiger partial charge in [0.2, 0.25) is 11.8 Å². The Balaban J connectivity index is 1.44.